The van der Waals surface area contributed by atoms with E-state index in [2.05, 4.69) is 15.4 Å². The van der Waals surface area contributed by atoms with E-state index in [1.165, 1.54) is 0 Å². The predicted octanol–water partition coefficient (Wildman–Crippen LogP) is 1.80. The molecule has 1 aliphatic carbocycles. The SMILES string of the molecule is Cn1ccc2cc(S(=O)(=O)NC3CCC(C(=O)N[C@H]4CCCCNC4=O)CC3)ccc21. The summed E-state index contributed by atoms with van der Waals surface area (Å²) in [4.78, 5) is 24.9. The van der Waals surface area contributed by atoms with Crippen LogP contribution >= 0.6 is 0 Å². The Kier molecular flexibility index (Phi) is 6.34. The third kappa shape index (κ3) is 4.93. The van der Waals surface area contributed by atoms with Crippen LogP contribution in [0, 0.1) is 5.92 Å². The van der Waals surface area contributed by atoms with Gasteiger partial charge < -0.3 is 15.2 Å². The van der Waals surface area contributed by atoms with Gasteiger partial charge in [-0.2, -0.15) is 0 Å². The highest BCUT2D eigenvalue weighted by molar-refractivity contribution is 7.89. The second-order valence-electron chi connectivity index (χ2n) is 8.67. The van der Waals surface area contributed by atoms with Crippen molar-refractivity contribution in [2.45, 2.75) is 61.9 Å². The smallest absolute Gasteiger partial charge is 0.242 e. The monoisotopic (exact) mass is 446 g/mol. The van der Waals surface area contributed by atoms with E-state index >= 15 is 0 Å². The normalized spacial score (nSPS) is 25.1. The van der Waals surface area contributed by atoms with Crippen molar-refractivity contribution in [3.8, 4) is 0 Å². The van der Waals surface area contributed by atoms with Gasteiger partial charge in [-0.3, -0.25) is 9.59 Å². The van der Waals surface area contributed by atoms with Gasteiger partial charge in [0, 0.05) is 42.7 Å². The lowest BCUT2D eigenvalue weighted by molar-refractivity contribution is -0.131. The van der Waals surface area contributed by atoms with Crippen LogP contribution in [0.3, 0.4) is 0 Å². The molecule has 1 aromatic heterocycles. The Bertz CT molecular complexity index is 1070. The number of nitrogens with zero attached hydrogens (tertiary/aromatic N) is 1. The van der Waals surface area contributed by atoms with Gasteiger partial charge in [-0.25, -0.2) is 13.1 Å². The van der Waals surface area contributed by atoms with Crippen LogP contribution in [0.5, 0.6) is 0 Å². The molecule has 8 nitrogen and oxygen atoms in total. The van der Waals surface area contributed by atoms with Gasteiger partial charge in [-0.1, -0.05) is 0 Å². The van der Waals surface area contributed by atoms with Gasteiger partial charge in [0.05, 0.1) is 4.90 Å². The summed E-state index contributed by atoms with van der Waals surface area (Å²) in [7, 11) is -1.70. The number of hydrogen-bond donors (Lipinski definition) is 3. The third-order valence-corrected chi connectivity index (χ3v) is 7.96. The van der Waals surface area contributed by atoms with Crippen molar-refractivity contribution in [1.82, 2.24) is 19.9 Å². The minimum absolute atomic E-state index is 0.0992. The lowest BCUT2D eigenvalue weighted by Gasteiger charge is -2.29. The van der Waals surface area contributed by atoms with E-state index in [-0.39, 0.29) is 28.7 Å². The lowest BCUT2D eigenvalue weighted by Crippen LogP contribution is -2.48. The summed E-state index contributed by atoms with van der Waals surface area (Å²) < 4.78 is 30.5. The molecule has 2 heterocycles. The molecule has 2 amide bonds. The fraction of sp³-hybridized carbons (Fsp3) is 0.545. The topological polar surface area (TPSA) is 109 Å². The van der Waals surface area contributed by atoms with Gasteiger partial charge in [0.15, 0.2) is 0 Å². The van der Waals surface area contributed by atoms with Gasteiger partial charge in [0.25, 0.3) is 0 Å². The molecule has 1 aromatic carbocycles. The minimum atomic E-state index is -3.63. The number of nitrogens with one attached hydrogen (secondary N) is 3. The second-order valence-corrected chi connectivity index (χ2v) is 10.4. The quantitative estimate of drug-likeness (QED) is 0.651. The first-order valence-electron chi connectivity index (χ1n) is 11.0. The number of aromatic nitrogens is 1. The molecule has 168 valence electrons. The molecule has 9 heteroatoms. The molecule has 0 spiro atoms. The number of carbonyl (C=O) groups excluding carboxylic acids is 2. The first-order chi connectivity index (χ1) is 14.8. The molecule has 31 heavy (non-hydrogen) atoms. The zero-order valence-electron chi connectivity index (χ0n) is 17.8. The maximum atomic E-state index is 12.9. The highest BCUT2D eigenvalue weighted by atomic mass is 32.2. The summed E-state index contributed by atoms with van der Waals surface area (Å²) in [6.45, 7) is 0.660. The lowest BCUT2D eigenvalue weighted by atomic mass is 9.85. The fourth-order valence-corrected chi connectivity index (χ4v) is 5.89. The number of carbonyl (C=O) groups is 2. The Hall–Kier alpha value is -2.39. The largest absolute Gasteiger partial charge is 0.354 e. The van der Waals surface area contributed by atoms with Crippen LogP contribution in [0.4, 0.5) is 0 Å². The van der Waals surface area contributed by atoms with Gasteiger partial charge in [-0.05, 0) is 69.2 Å². The summed E-state index contributed by atoms with van der Waals surface area (Å²) in [5, 5.41) is 6.61. The molecule has 1 aliphatic heterocycles. The zero-order chi connectivity index (χ0) is 22.0. The average molecular weight is 447 g/mol. The second kappa shape index (κ2) is 9.00. The van der Waals surface area contributed by atoms with Crippen LogP contribution in [0.1, 0.15) is 44.9 Å². The van der Waals surface area contributed by atoms with Crippen LogP contribution in [-0.4, -0.2) is 43.4 Å². The number of amides is 2. The molecule has 3 N–H and O–H groups in total. The first-order valence-corrected chi connectivity index (χ1v) is 12.5. The molecule has 4 rings (SSSR count). The maximum absolute atomic E-state index is 12.9. The highest BCUT2D eigenvalue weighted by Crippen LogP contribution is 2.27. The van der Waals surface area contributed by atoms with Gasteiger partial charge in [-0.15, -0.1) is 0 Å². The van der Waals surface area contributed by atoms with E-state index < -0.39 is 16.1 Å². The number of benzene rings is 1. The van der Waals surface area contributed by atoms with E-state index in [9.17, 15) is 18.0 Å². The molecule has 2 aliphatic rings. The number of sulfonamides is 1. The molecule has 1 atom stereocenters. The number of aryl methyl sites for hydroxylation is 1. The Labute approximate surface area is 182 Å². The summed E-state index contributed by atoms with van der Waals surface area (Å²) in [6, 6.07) is 6.37. The highest BCUT2D eigenvalue weighted by Gasteiger charge is 2.31. The van der Waals surface area contributed by atoms with Gasteiger partial charge in [0.2, 0.25) is 21.8 Å². The van der Waals surface area contributed by atoms with Crippen LogP contribution in [-0.2, 0) is 26.7 Å². The van der Waals surface area contributed by atoms with Crippen molar-refractivity contribution in [3.05, 3.63) is 30.5 Å². The predicted molar refractivity (Wildman–Crippen MR) is 118 cm³/mol. The van der Waals surface area contributed by atoms with Crippen LogP contribution in [0.25, 0.3) is 10.9 Å². The van der Waals surface area contributed by atoms with Crippen molar-refractivity contribution < 1.29 is 18.0 Å². The molecule has 0 radical (unpaired) electrons. The molecule has 1 saturated heterocycles. The van der Waals surface area contributed by atoms with Crippen LogP contribution in [0.15, 0.2) is 35.4 Å². The van der Waals surface area contributed by atoms with E-state index in [0.717, 1.165) is 23.7 Å². The van der Waals surface area contributed by atoms with Crippen molar-refractivity contribution in [2.75, 3.05) is 6.54 Å². The summed E-state index contributed by atoms with van der Waals surface area (Å²) in [6.07, 6.45) is 6.81. The summed E-state index contributed by atoms with van der Waals surface area (Å²) >= 11 is 0. The molecule has 2 aromatic rings. The Morgan fingerprint density at radius 1 is 1.10 bits per heavy atom. The molecule has 0 bridgehead atoms. The van der Waals surface area contributed by atoms with E-state index in [4.69, 9.17) is 0 Å². The van der Waals surface area contributed by atoms with Gasteiger partial charge >= 0.3 is 0 Å². The van der Waals surface area contributed by atoms with Crippen LogP contribution < -0.4 is 15.4 Å². The van der Waals surface area contributed by atoms with Gasteiger partial charge in [0.1, 0.15) is 6.04 Å². The molecular formula is C22H30N4O4S. The zero-order valence-corrected chi connectivity index (χ0v) is 18.6. The summed E-state index contributed by atoms with van der Waals surface area (Å²) in [5.74, 6) is -0.391. The third-order valence-electron chi connectivity index (χ3n) is 6.44. The van der Waals surface area contributed by atoms with E-state index in [1.807, 2.05) is 29.9 Å². The number of hydrogen-bond acceptors (Lipinski definition) is 4. The maximum Gasteiger partial charge on any atom is 0.242 e. The molecular weight excluding hydrogens is 416 g/mol. The first kappa shape index (κ1) is 21.8. The van der Waals surface area contributed by atoms with Crippen molar-refractivity contribution >= 4 is 32.7 Å². The van der Waals surface area contributed by atoms with Crippen molar-refractivity contribution in [1.29, 1.82) is 0 Å². The number of fused-ring (bicyclic) bond motifs is 1. The molecule has 1 saturated carbocycles. The fourth-order valence-electron chi connectivity index (χ4n) is 4.55. The summed E-state index contributed by atoms with van der Waals surface area (Å²) in [5.41, 5.74) is 0.979. The van der Waals surface area contributed by atoms with E-state index in [1.54, 1.807) is 12.1 Å². The van der Waals surface area contributed by atoms with E-state index in [0.29, 0.717) is 38.6 Å². The molecule has 2 fully saturated rings. The number of rotatable bonds is 5. The van der Waals surface area contributed by atoms with Crippen molar-refractivity contribution in [2.24, 2.45) is 13.0 Å². The molecule has 0 unspecified atom stereocenters. The Morgan fingerprint density at radius 3 is 2.65 bits per heavy atom. The Morgan fingerprint density at radius 2 is 1.87 bits per heavy atom. The standard InChI is InChI=1S/C22H30N4O4S/c1-26-13-11-16-14-18(9-10-20(16)26)31(29,30)25-17-7-5-15(6-8-17)21(27)24-19-4-2-3-12-23-22(19)28/h9-11,13-15,17,19,25H,2-8,12H2,1H3,(H,23,28)(H,24,27)/t15?,17?,19-/m0/s1. The minimum Gasteiger partial charge on any atom is -0.354 e. The van der Waals surface area contributed by atoms with Crippen LogP contribution in [0.2, 0.25) is 0 Å². The van der Waals surface area contributed by atoms with Crippen molar-refractivity contribution in [3.63, 3.8) is 0 Å². The Balaban J connectivity index is 1.32. The average Bonchev–Trinajstić information content (AvgIpc) is 3.00.